The van der Waals surface area contributed by atoms with Crippen LogP contribution < -0.4 is 0 Å². The van der Waals surface area contributed by atoms with Gasteiger partial charge in [-0.3, -0.25) is 4.79 Å². The van der Waals surface area contributed by atoms with E-state index in [1.165, 1.54) is 75.3 Å². The Labute approximate surface area is 189 Å². The first-order valence-corrected chi connectivity index (χ1v) is 12.9. The van der Waals surface area contributed by atoms with Crippen LogP contribution in [0.5, 0.6) is 0 Å². The Hall–Kier alpha value is -1.89. The van der Waals surface area contributed by atoms with Gasteiger partial charge >= 0.3 is 0 Å². The topological polar surface area (TPSA) is 17.1 Å². The van der Waals surface area contributed by atoms with Crippen molar-refractivity contribution in [1.82, 2.24) is 0 Å². The highest BCUT2D eigenvalue weighted by molar-refractivity contribution is 5.96. The summed E-state index contributed by atoms with van der Waals surface area (Å²) in [6.07, 6.45) is 17.7. The average Bonchev–Trinajstić information content (AvgIpc) is 2.83. The highest BCUT2D eigenvalue weighted by atomic mass is 16.1. The van der Waals surface area contributed by atoms with Gasteiger partial charge in [0.15, 0.2) is 5.78 Å². The van der Waals surface area contributed by atoms with Crippen LogP contribution in [0.15, 0.2) is 42.5 Å². The zero-order valence-electron chi connectivity index (χ0n) is 19.5. The minimum absolute atomic E-state index is 0.307. The number of benzene rings is 2. The number of rotatable bonds is 9. The van der Waals surface area contributed by atoms with Gasteiger partial charge in [0, 0.05) is 12.0 Å². The van der Waals surface area contributed by atoms with Gasteiger partial charge in [0.05, 0.1) is 0 Å². The molecule has 4 rings (SSSR count). The molecule has 1 atom stereocenters. The molecule has 1 nitrogen and oxygen atoms in total. The van der Waals surface area contributed by atoms with Crippen molar-refractivity contribution < 1.29 is 4.79 Å². The molecule has 0 N–H and O–H groups in total. The Morgan fingerprint density at radius 1 is 0.839 bits per heavy atom. The highest BCUT2D eigenvalue weighted by Crippen LogP contribution is 2.31. The molecule has 2 aliphatic carbocycles. The molecule has 0 aromatic heterocycles. The number of hydrogen-bond acceptors (Lipinski definition) is 1. The molecule has 0 unspecified atom stereocenters. The fourth-order valence-electron chi connectivity index (χ4n) is 5.76. The molecule has 0 heterocycles. The lowest BCUT2D eigenvalue weighted by molar-refractivity contribution is 0.0972. The van der Waals surface area contributed by atoms with Crippen molar-refractivity contribution in [3.8, 4) is 0 Å². The van der Waals surface area contributed by atoms with Gasteiger partial charge in [-0.1, -0.05) is 87.9 Å². The second kappa shape index (κ2) is 11.1. The van der Waals surface area contributed by atoms with Gasteiger partial charge in [-0.2, -0.15) is 0 Å². The molecule has 0 aliphatic heterocycles. The van der Waals surface area contributed by atoms with Gasteiger partial charge < -0.3 is 0 Å². The van der Waals surface area contributed by atoms with Crippen molar-refractivity contribution >= 4 is 5.78 Å². The predicted octanol–water partition coefficient (Wildman–Crippen LogP) is 7.92. The minimum atomic E-state index is 0.307. The summed E-state index contributed by atoms with van der Waals surface area (Å²) in [5.74, 6) is 1.96. The second-order valence-corrected chi connectivity index (χ2v) is 10.1. The number of carbonyl (C=O) groups excluding carboxylic acids is 1. The molecule has 0 bridgehead atoms. The molecule has 2 aromatic carbocycles. The lowest BCUT2D eigenvalue weighted by atomic mass is 9.80. The number of aryl methyl sites for hydroxylation is 3. The number of carbonyl (C=O) groups is 1. The van der Waals surface area contributed by atoms with Crippen LogP contribution in [-0.2, 0) is 25.7 Å². The van der Waals surface area contributed by atoms with E-state index in [4.69, 9.17) is 0 Å². The summed E-state index contributed by atoms with van der Waals surface area (Å²) in [4.78, 5) is 12.6. The van der Waals surface area contributed by atoms with Gasteiger partial charge in [0.25, 0.3) is 0 Å². The van der Waals surface area contributed by atoms with Crippen LogP contribution in [-0.4, -0.2) is 5.78 Å². The van der Waals surface area contributed by atoms with Gasteiger partial charge in [0.2, 0.25) is 0 Å². The molecule has 1 saturated carbocycles. The van der Waals surface area contributed by atoms with E-state index in [0.717, 1.165) is 30.7 Å². The lowest BCUT2D eigenvalue weighted by Crippen LogP contribution is -2.16. The molecule has 2 aliphatic rings. The molecule has 31 heavy (non-hydrogen) atoms. The first-order valence-electron chi connectivity index (χ1n) is 12.9. The summed E-state index contributed by atoms with van der Waals surface area (Å²) in [6.45, 7) is 2.15. The maximum Gasteiger partial charge on any atom is 0.162 e. The van der Waals surface area contributed by atoms with Gasteiger partial charge in [0.1, 0.15) is 0 Å². The molecule has 0 radical (unpaired) electrons. The first kappa shape index (κ1) is 22.3. The Kier molecular flexibility index (Phi) is 8.00. The summed E-state index contributed by atoms with van der Waals surface area (Å²) in [5, 5.41) is 0. The third-order valence-corrected chi connectivity index (χ3v) is 7.87. The quantitative estimate of drug-likeness (QED) is 0.379. The highest BCUT2D eigenvalue weighted by Gasteiger charge is 2.20. The predicted molar refractivity (Wildman–Crippen MR) is 131 cm³/mol. The van der Waals surface area contributed by atoms with Crippen molar-refractivity contribution in [3.05, 3.63) is 70.3 Å². The zero-order valence-corrected chi connectivity index (χ0v) is 19.5. The molecular formula is C30H40O. The molecule has 1 heteroatoms. The molecule has 0 spiro atoms. The van der Waals surface area contributed by atoms with Crippen LogP contribution in [0.2, 0.25) is 0 Å². The van der Waals surface area contributed by atoms with E-state index >= 15 is 0 Å². The number of fused-ring (bicyclic) bond motifs is 1. The van der Waals surface area contributed by atoms with E-state index in [9.17, 15) is 4.79 Å². The average molecular weight is 417 g/mol. The summed E-state index contributed by atoms with van der Waals surface area (Å²) in [6, 6.07) is 15.5. The fraction of sp³-hybridized carbons (Fsp3) is 0.567. The van der Waals surface area contributed by atoms with Gasteiger partial charge in [-0.25, -0.2) is 0 Å². The van der Waals surface area contributed by atoms with Crippen molar-refractivity contribution in [2.45, 2.75) is 96.8 Å². The molecule has 166 valence electrons. The number of ketones is 1. The lowest BCUT2D eigenvalue weighted by Gasteiger charge is -2.25. The van der Waals surface area contributed by atoms with Crippen LogP contribution in [0.25, 0.3) is 0 Å². The maximum atomic E-state index is 12.6. The van der Waals surface area contributed by atoms with E-state index in [0.29, 0.717) is 18.1 Å². The summed E-state index contributed by atoms with van der Waals surface area (Å²) >= 11 is 0. The number of hydrogen-bond donors (Lipinski definition) is 0. The van der Waals surface area contributed by atoms with Gasteiger partial charge in [-0.15, -0.1) is 0 Å². The summed E-state index contributed by atoms with van der Waals surface area (Å²) in [5.41, 5.74) is 6.83. The minimum Gasteiger partial charge on any atom is -0.294 e. The molecule has 0 saturated heterocycles. The molecular weight excluding hydrogens is 376 g/mol. The van der Waals surface area contributed by atoms with E-state index in [2.05, 4.69) is 37.3 Å². The largest absolute Gasteiger partial charge is 0.294 e. The van der Waals surface area contributed by atoms with Crippen molar-refractivity contribution in [2.75, 3.05) is 0 Å². The normalized spacial score (nSPS) is 19.2. The Balaban J connectivity index is 1.23. The smallest absolute Gasteiger partial charge is 0.162 e. The number of Topliss-reactive ketones (excluding diaryl/α,β-unsaturated/α-hetero) is 1. The van der Waals surface area contributed by atoms with Crippen LogP contribution in [0.4, 0.5) is 0 Å². The fourth-order valence-corrected chi connectivity index (χ4v) is 5.76. The molecule has 2 aromatic rings. The second-order valence-electron chi connectivity index (χ2n) is 10.1. The monoisotopic (exact) mass is 416 g/mol. The van der Waals surface area contributed by atoms with Crippen LogP contribution in [0.1, 0.15) is 104 Å². The van der Waals surface area contributed by atoms with Crippen molar-refractivity contribution in [1.29, 1.82) is 0 Å². The van der Waals surface area contributed by atoms with E-state index in [-0.39, 0.29) is 0 Å². The maximum absolute atomic E-state index is 12.6. The zero-order chi connectivity index (χ0) is 21.5. The van der Waals surface area contributed by atoms with Crippen LogP contribution in [0.3, 0.4) is 0 Å². The SMILES string of the molecule is CCc1ccc(C(=O)CC[C@H]2CCc3cc(CCCC4CCCCC4)ccc3C2)cc1. The third kappa shape index (κ3) is 6.31. The van der Waals surface area contributed by atoms with Crippen molar-refractivity contribution in [3.63, 3.8) is 0 Å². The molecule has 0 amide bonds. The third-order valence-electron chi connectivity index (χ3n) is 7.87. The Morgan fingerprint density at radius 2 is 1.61 bits per heavy atom. The van der Waals surface area contributed by atoms with E-state index in [1.54, 1.807) is 11.1 Å². The Bertz CT molecular complexity index is 841. The van der Waals surface area contributed by atoms with Crippen LogP contribution >= 0.6 is 0 Å². The molecule has 1 fully saturated rings. The Morgan fingerprint density at radius 3 is 2.39 bits per heavy atom. The van der Waals surface area contributed by atoms with Crippen molar-refractivity contribution in [2.24, 2.45) is 11.8 Å². The van der Waals surface area contributed by atoms with Crippen LogP contribution in [0, 0.1) is 11.8 Å². The van der Waals surface area contributed by atoms with Gasteiger partial charge in [-0.05, 0) is 79.0 Å². The first-order chi connectivity index (χ1) is 15.2. The standard InChI is InChI=1S/C30H40O/c1-2-23-11-16-27(17-12-23)30(31)20-15-26-14-19-28-21-25(13-18-29(28)22-26)10-6-9-24-7-4-3-5-8-24/h11-13,16-18,21,24,26H,2-10,14-15,19-20,22H2,1H3/t26-/m1/s1. The summed E-state index contributed by atoms with van der Waals surface area (Å²) in [7, 11) is 0. The summed E-state index contributed by atoms with van der Waals surface area (Å²) < 4.78 is 0. The van der Waals surface area contributed by atoms with E-state index in [1.807, 2.05) is 12.1 Å². The van der Waals surface area contributed by atoms with E-state index < -0.39 is 0 Å².